The van der Waals surface area contributed by atoms with Crippen LogP contribution in [-0.2, 0) is 23.6 Å². The summed E-state index contributed by atoms with van der Waals surface area (Å²) in [5, 5.41) is 3.77. The molecule has 0 aliphatic rings. The smallest absolute Gasteiger partial charge is 0.356 e. The second kappa shape index (κ2) is 6.69. The number of ether oxygens (including phenoxy) is 2. The summed E-state index contributed by atoms with van der Waals surface area (Å²) in [6.07, 6.45) is -0.266. The molecule has 0 saturated carbocycles. The summed E-state index contributed by atoms with van der Waals surface area (Å²) in [4.78, 5) is 22.7. The van der Waals surface area contributed by atoms with Crippen molar-refractivity contribution in [2.45, 2.75) is 45.3 Å². The third-order valence-corrected chi connectivity index (χ3v) is 7.31. The first-order valence-electron chi connectivity index (χ1n) is 5.95. The second-order valence-electron chi connectivity index (χ2n) is 5.63. The topological polar surface area (TPSA) is 74.2 Å². The maximum Gasteiger partial charge on any atom is 0.356 e. The van der Waals surface area contributed by atoms with Crippen LogP contribution in [0.15, 0.2) is 5.16 Å². The molecular weight excluding hydrogens is 266 g/mol. The summed E-state index contributed by atoms with van der Waals surface area (Å²) < 4.78 is 14.6. The predicted octanol–water partition coefficient (Wildman–Crippen LogP) is 2.10. The van der Waals surface area contributed by atoms with Gasteiger partial charge in [-0.3, -0.25) is 4.79 Å². The van der Waals surface area contributed by atoms with Gasteiger partial charge in [0, 0.05) is 0 Å². The number of carbonyl (C=O) groups is 2. The third kappa shape index (κ3) is 5.42. The average Bonchev–Trinajstić information content (AvgIpc) is 2.31. The molecule has 0 saturated heterocycles. The predicted molar refractivity (Wildman–Crippen MR) is 74.4 cm³/mol. The van der Waals surface area contributed by atoms with Crippen LogP contribution < -0.4 is 0 Å². The molecule has 0 atom stereocenters. The van der Waals surface area contributed by atoms with Gasteiger partial charge in [-0.05, 0) is 18.1 Å². The van der Waals surface area contributed by atoms with E-state index in [2.05, 4.69) is 14.6 Å². The molecule has 0 aliphatic heterocycles. The number of carbonyl (C=O) groups excluding carboxylic acids is 2. The maximum atomic E-state index is 11.5. The molecule has 0 fully saturated rings. The van der Waals surface area contributed by atoms with Crippen LogP contribution in [0.5, 0.6) is 0 Å². The Morgan fingerprint density at radius 1 is 1.11 bits per heavy atom. The summed E-state index contributed by atoms with van der Waals surface area (Å²) in [7, 11) is 0.331. The Morgan fingerprint density at radius 3 is 2.00 bits per heavy atom. The molecule has 0 amide bonds. The molecule has 0 aromatic rings. The Morgan fingerprint density at radius 2 is 1.63 bits per heavy atom. The zero-order valence-corrected chi connectivity index (χ0v) is 13.7. The zero-order valence-electron chi connectivity index (χ0n) is 12.7. The lowest BCUT2D eigenvalue weighted by atomic mass is 10.2. The minimum absolute atomic E-state index is 0.0526. The lowest BCUT2D eigenvalue weighted by Gasteiger charge is -2.33. The molecule has 7 heteroatoms. The lowest BCUT2D eigenvalue weighted by Crippen LogP contribution is -2.39. The van der Waals surface area contributed by atoms with Crippen LogP contribution in [0.3, 0.4) is 0 Å². The highest BCUT2D eigenvalue weighted by Gasteiger charge is 2.40. The quantitative estimate of drug-likeness (QED) is 0.335. The molecule has 110 valence electrons. The maximum absolute atomic E-state index is 11.5. The lowest BCUT2D eigenvalue weighted by molar-refractivity contribution is -0.140. The van der Waals surface area contributed by atoms with Crippen molar-refractivity contribution in [2.75, 3.05) is 14.2 Å². The van der Waals surface area contributed by atoms with Crippen LogP contribution in [0.2, 0.25) is 18.1 Å². The fraction of sp³-hybridized carbons (Fsp3) is 0.750. The molecule has 0 unspecified atom stereocenters. The number of hydrogen-bond acceptors (Lipinski definition) is 6. The Balaban J connectivity index is 5.03. The van der Waals surface area contributed by atoms with Crippen molar-refractivity contribution in [1.29, 1.82) is 0 Å². The molecule has 6 nitrogen and oxygen atoms in total. The minimum Gasteiger partial charge on any atom is -0.469 e. The SMILES string of the molecule is COC(=O)C/C(=N/O[Si](C)(C)C(C)(C)C)C(=O)OC. The van der Waals surface area contributed by atoms with E-state index < -0.39 is 20.3 Å². The van der Waals surface area contributed by atoms with Gasteiger partial charge in [0.25, 0.3) is 8.32 Å². The van der Waals surface area contributed by atoms with Crippen molar-refractivity contribution >= 4 is 26.0 Å². The van der Waals surface area contributed by atoms with Crippen LogP contribution >= 0.6 is 0 Å². The summed E-state index contributed by atoms with van der Waals surface area (Å²) >= 11 is 0. The Kier molecular flexibility index (Phi) is 6.21. The molecular formula is C12H23NO5Si. The molecule has 0 radical (unpaired) electrons. The normalized spacial score (nSPS) is 12.9. The van der Waals surface area contributed by atoms with Crippen LogP contribution in [-0.4, -0.2) is 40.2 Å². The van der Waals surface area contributed by atoms with Crippen molar-refractivity contribution < 1.29 is 23.6 Å². The van der Waals surface area contributed by atoms with Gasteiger partial charge in [-0.1, -0.05) is 25.9 Å². The number of oxime groups is 1. The van der Waals surface area contributed by atoms with E-state index in [4.69, 9.17) is 4.53 Å². The van der Waals surface area contributed by atoms with Gasteiger partial charge in [0.2, 0.25) is 0 Å². The van der Waals surface area contributed by atoms with Crippen LogP contribution in [0.4, 0.5) is 0 Å². The van der Waals surface area contributed by atoms with E-state index in [9.17, 15) is 9.59 Å². The van der Waals surface area contributed by atoms with Crippen molar-refractivity contribution in [2.24, 2.45) is 5.16 Å². The van der Waals surface area contributed by atoms with Gasteiger partial charge in [0.05, 0.1) is 20.6 Å². The van der Waals surface area contributed by atoms with E-state index in [1.165, 1.54) is 14.2 Å². The summed E-state index contributed by atoms with van der Waals surface area (Å²) in [5.41, 5.74) is -0.0841. The van der Waals surface area contributed by atoms with E-state index in [0.29, 0.717) is 0 Å². The van der Waals surface area contributed by atoms with Crippen molar-refractivity contribution in [1.82, 2.24) is 0 Å². The molecule has 19 heavy (non-hydrogen) atoms. The average molecular weight is 289 g/mol. The fourth-order valence-corrected chi connectivity index (χ4v) is 1.39. The molecule has 0 heterocycles. The van der Waals surface area contributed by atoms with Gasteiger partial charge in [-0.15, -0.1) is 0 Å². The summed E-state index contributed by atoms with van der Waals surface area (Å²) in [5.74, 6) is -1.26. The van der Waals surface area contributed by atoms with E-state index in [0.717, 1.165) is 0 Å². The number of hydrogen-bond donors (Lipinski definition) is 0. The highest BCUT2D eigenvalue weighted by atomic mass is 28.4. The van der Waals surface area contributed by atoms with Crippen LogP contribution in [0.25, 0.3) is 0 Å². The van der Waals surface area contributed by atoms with Crippen LogP contribution in [0.1, 0.15) is 27.2 Å². The molecule has 0 spiro atoms. The van der Waals surface area contributed by atoms with Crippen LogP contribution in [0, 0.1) is 0 Å². The van der Waals surface area contributed by atoms with E-state index >= 15 is 0 Å². The Bertz CT molecular complexity index is 371. The number of nitrogens with zero attached hydrogens (tertiary/aromatic N) is 1. The first kappa shape index (κ1) is 17.6. The fourth-order valence-electron chi connectivity index (χ4n) is 0.775. The highest BCUT2D eigenvalue weighted by Crippen LogP contribution is 2.36. The molecule has 0 rings (SSSR count). The van der Waals surface area contributed by atoms with E-state index in [-0.39, 0.29) is 17.2 Å². The largest absolute Gasteiger partial charge is 0.469 e. The molecule has 0 aromatic carbocycles. The van der Waals surface area contributed by atoms with Gasteiger partial charge in [0.1, 0.15) is 0 Å². The van der Waals surface area contributed by atoms with Crippen molar-refractivity contribution in [3.8, 4) is 0 Å². The highest BCUT2D eigenvalue weighted by molar-refractivity contribution is 6.74. The number of methoxy groups -OCH3 is 2. The number of rotatable bonds is 5. The Labute approximate surface area is 115 Å². The number of esters is 2. The summed E-state index contributed by atoms with van der Waals surface area (Å²) in [6, 6.07) is 0. The molecule has 0 bridgehead atoms. The van der Waals surface area contributed by atoms with Crippen molar-refractivity contribution in [3.05, 3.63) is 0 Å². The monoisotopic (exact) mass is 289 g/mol. The summed E-state index contributed by atoms with van der Waals surface area (Å²) in [6.45, 7) is 10.1. The van der Waals surface area contributed by atoms with Gasteiger partial charge >= 0.3 is 11.9 Å². The molecule has 0 aliphatic carbocycles. The second-order valence-corrected chi connectivity index (χ2v) is 10.3. The first-order chi connectivity index (χ1) is 8.55. The Hall–Kier alpha value is -1.37. The van der Waals surface area contributed by atoms with Gasteiger partial charge in [-0.2, -0.15) is 0 Å². The standard InChI is InChI=1S/C12H23NO5Si/c1-12(2,3)19(6,7)18-13-9(11(15)17-5)8-10(14)16-4/h8H2,1-7H3/b13-9-. The molecule has 0 N–H and O–H groups in total. The zero-order chi connectivity index (χ0) is 15.3. The van der Waals surface area contributed by atoms with Gasteiger partial charge in [0.15, 0.2) is 5.71 Å². The molecule has 0 aromatic heterocycles. The van der Waals surface area contributed by atoms with E-state index in [1.54, 1.807) is 0 Å². The minimum atomic E-state index is -2.13. The first-order valence-corrected chi connectivity index (χ1v) is 8.86. The van der Waals surface area contributed by atoms with Gasteiger partial charge < -0.3 is 14.0 Å². The van der Waals surface area contributed by atoms with Gasteiger partial charge in [-0.25, -0.2) is 4.79 Å². The van der Waals surface area contributed by atoms with Crippen molar-refractivity contribution in [3.63, 3.8) is 0 Å². The van der Waals surface area contributed by atoms with E-state index in [1.807, 2.05) is 33.9 Å². The third-order valence-electron chi connectivity index (χ3n) is 3.15.